The van der Waals surface area contributed by atoms with Crippen molar-refractivity contribution in [2.45, 2.75) is 26.3 Å². The molecular weight excluding hydrogens is 174 g/mol. The van der Waals surface area contributed by atoms with Crippen molar-refractivity contribution in [2.24, 2.45) is 5.92 Å². The molecule has 12 heavy (non-hydrogen) atoms. The summed E-state index contributed by atoms with van der Waals surface area (Å²) in [5.74, 6) is 0.758. The summed E-state index contributed by atoms with van der Waals surface area (Å²) in [6, 6.07) is 0.305. The zero-order chi connectivity index (χ0) is 9.78. The van der Waals surface area contributed by atoms with Crippen molar-refractivity contribution in [1.82, 2.24) is 5.32 Å². The molecule has 0 saturated heterocycles. The standard InChI is InChI=1S/C8H19NO2S/c1-7(2)8(9-3)5-6-12(4,10)11/h7-9H,5-6H2,1-4H3. The third kappa shape index (κ3) is 5.55. The maximum atomic E-state index is 10.8. The molecule has 1 unspecified atom stereocenters. The number of nitrogens with one attached hydrogen (secondary N) is 1. The van der Waals surface area contributed by atoms with E-state index in [0.29, 0.717) is 18.4 Å². The molecule has 0 aromatic rings. The molecule has 0 bridgehead atoms. The molecular formula is C8H19NO2S. The fourth-order valence-electron chi connectivity index (χ4n) is 1.15. The predicted molar refractivity (Wildman–Crippen MR) is 52.0 cm³/mol. The molecule has 1 atom stereocenters. The average Bonchev–Trinajstić information content (AvgIpc) is 1.85. The lowest BCUT2D eigenvalue weighted by molar-refractivity contribution is 0.416. The second-order valence-corrected chi connectivity index (χ2v) is 5.82. The zero-order valence-corrected chi connectivity index (χ0v) is 9.11. The van der Waals surface area contributed by atoms with Gasteiger partial charge >= 0.3 is 0 Å². The molecule has 0 aliphatic rings. The van der Waals surface area contributed by atoms with Crippen LogP contribution < -0.4 is 5.32 Å². The summed E-state index contributed by atoms with van der Waals surface area (Å²) in [7, 11) is -0.935. The number of hydrogen-bond donors (Lipinski definition) is 1. The Morgan fingerprint density at radius 3 is 2.08 bits per heavy atom. The highest BCUT2D eigenvalue weighted by atomic mass is 32.2. The van der Waals surface area contributed by atoms with Crippen molar-refractivity contribution in [3.8, 4) is 0 Å². The topological polar surface area (TPSA) is 46.2 Å². The van der Waals surface area contributed by atoms with Gasteiger partial charge in [0, 0.05) is 12.3 Å². The lowest BCUT2D eigenvalue weighted by Crippen LogP contribution is -2.32. The fraction of sp³-hybridized carbons (Fsp3) is 1.00. The molecule has 0 radical (unpaired) electrons. The molecule has 0 aliphatic carbocycles. The summed E-state index contributed by atoms with van der Waals surface area (Å²) in [6.45, 7) is 4.17. The first-order valence-corrected chi connectivity index (χ1v) is 6.28. The van der Waals surface area contributed by atoms with Crippen molar-refractivity contribution in [2.75, 3.05) is 19.1 Å². The fourth-order valence-corrected chi connectivity index (χ4v) is 1.83. The first-order valence-electron chi connectivity index (χ1n) is 4.22. The van der Waals surface area contributed by atoms with Gasteiger partial charge in [-0.2, -0.15) is 0 Å². The Morgan fingerprint density at radius 1 is 1.33 bits per heavy atom. The lowest BCUT2D eigenvalue weighted by atomic mass is 10.0. The predicted octanol–water partition coefficient (Wildman–Crippen LogP) is 0.665. The number of sulfone groups is 1. The Balaban J connectivity index is 3.90. The molecule has 0 amide bonds. The van der Waals surface area contributed by atoms with Gasteiger partial charge in [-0.3, -0.25) is 0 Å². The molecule has 0 spiro atoms. The van der Waals surface area contributed by atoms with Crippen LogP contribution in [0.4, 0.5) is 0 Å². The van der Waals surface area contributed by atoms with Gasteiger partial charge in [-0.25, -0.2) is 8.42 Å². The van der Waals surface area contributed by atoms with E-state index >= 15 is 0 Å². The van der Waals surface area contributed by atoms with E-state index in [9.17, 15) is 8.42 Å². The van der Waals surface area contributed by atoms with Crippen molar-refractivity contribution in [1.29, 1.82) is 0 Å². The molecule has 0 saturated carbocycles. The molecule has 0 fully saturated rings. The van der Waals surface area contributed by atoms with Crippen molar-refractivity contribution >= 4 is 9.84 Å². The van der Waals surface area contributed by atoms with Crippen LogP contribution in [0.2, 0.25) is 0 Å². The summed E-state index contributed by atoms with van der Waals surface area (Å²) in [6.07, 6.45) is 1.98. The minimum atomic E-state index is -2.80. The van der Waals surface area contributed by atoms with Gasteiger partial charge in [0.15, 0.2) is 0 Å². The van der Waals surface area contributed by atoms with E-state index in [1.165, 1.54) is 6.26 Å². The minimum absolute atomic E-state index is 0.274. The quantitative estimate of drug-likeness (QED) is 0.698. The maximum absolute atomic E-state index is 10.8. The molecule has 74 valence electrons. The average molecular weight is 193 g/mol. The molecule has 3 nitrogen and oxygen atoms in total. The van der Waals surface area contributed by atoms with Gasteiger partial charge in [-0.15, -0.1) is 0 Å². The highest BCUT2D eigenvalue weighted by Crippen LogP contribution is 2.06. The Morgan fingerprint density at radius 2 is 1.83 bits per heavy atom. The Kier molecular flexibility index (Phi) is 4.78. The molecule has 1 N–H and O–H groups in total. The van der Waals surface area contributed by atoms with Crippen LogP contribution in [0.3, 0.4) is 0 Å². The first kappa shape index (κ1) is 11.9. The third-order valence-electron chi connectivity index (χ3n) is 1.98. The summed E-state index contributed by atoms with van der Waals surface area (Å²) in [5.41, 5.74) is 0. The van der Waals surface area contributed by atoms with Gasteiger partial charge in [0.1, 0.15) is 9.84 Å². The van der Waals surface area contributed by atoms with E-state index in [4.69, 9.17) is 0 Å². The SMILES string of the molecule is CNC(CCS(C)(=O)=O)C(C)C. The lowest BCUT2D eigenvalue weighted by Gasteiger charge is -2.19. The number of rotatable bonds is 5. The van der Waals surface area contributed by atoms with Crippen LogP contribution in [-0.4, -0.2) is 33.5 Å². The third-order valence-corrected chi connectivity index (χ3v) is 2.95. The van der Waals surface area contributed by atoms with E-state index in [2.05, 4.69) is 19.2 Å². The van der Waals surface area contributed by atoms with E-state index in [0.717, 1.165) is 0 Å². The van der Waals surface area contributed by atoms with E-state index in [1.54, 1.807) is 0 Å². The molecule has 0 rings (SSSR count). The molecule has 0 aromatic heterocycles. The van der Waals surface area contributed by atoms with Crippen LogP contribution in [-0.2, 0) is 9.84 Å². The van der Waals surface area contributed by atoms with Gasteiger partial charge in [-0.1, -0.05) is 13.8 Å². The molecule has 4 heteroatoms. The number of hydrogen-bond acceptors (Lipinski definition) is 3. The van der Waals surface area contributed by atoms with Gasteiger partial charge in [0.25, 0.3) is 0 Å². The van der Waals surface area contributed by atoms with Crippen LogP contribution >= 0.6 is 0 Å². The van der Waals surface area contributed by atoms with Gasteiger partial charge in [0.05, 0.1) is 5.75 Å². The summed E-state index contributed by atoms with van der Waals surface area (Å²) >= 11 is 0. The normalized spacial score (nSPS) is 15.1. The van der Waals surface area contributed by atoms with Crippen LogP contribution in [0.25, 0.3) is 0 Å². The first-order chi connectivity index (χ1) is 5.37. The minimum Gasteiger partial charge on any atom is -0.317 e. The van der Waals surface area contributed by atoms with Crippen molar-refractivity contribution < 1.29 is 8.42 Å². The van der Waals surface area contributed by atoms with Crippen LogP contribution in [0.1, 0.15) is 20.3 Å². The van der Waals surface area contributed by atoms with Crippen LogP contribution in [0.5, 0.6) is 0 Å². The summed E-state index contributed by atoms with van der Waals surface area (Å²) in [5, 5.41) is 3.11. The van der Waals surface area contributed by atoms with Crippen molar-refractivity contribution in [3.05, 3.63) is 0 Å². The zero-order valence-electron chi connectivity index (χ0n) is 8.29. The van der Waals surface area contributed by atoms with Gasteiger partial charge in [-0.05, 0) is 19.4 Å². The van der Waals surface area contributed by atoms with Gasteiger partial charge < -0.3 is 5.32 Å². The smallest absolute Gasteiger partial charge is 0.147 e. The van der Waals surface area contributed by atoms with Crippen molar-refractivity contribution in [3.63, 3.8) is 0 Å². The molecule has 0 aliphatic heterocycles. The Bertz CT molecular complexity index is 209. The Labute approximate surface area is 75.5 Å². The maximum Gasteiger partial charge on any atom is 0.147 e. The summed E-state index contributed by atoms with van der Waals surface area (Å²) in [4.78, 5) is 0. The highest BCUT2D eigenvalue weighted by molar-refractivity contribution is 7.90. The highest BCUT2D eigenvalue weighted by Gasteiger charge is 2.13. The summed E-state index contributed by atoms with van der Waals surface area (Å²) < 4.78 is 21.7. The molecule has 0 aromatic carbocycles. The van der Waals surface area contributed by atoms with Crippen LogP contribution in [0.15, 0.2) is 0 Å². The van der Waals surface area contributed by atoms with Gasteiger partial charge in [0.2, 0.25) is 0 Å². The van der Waals surface area contributed by atoms with Crippen LogP contribution in [0, 0.1) is 5.92 Å². The Hall–Kier alpha value is -0.0900. The second kappa shape index (κ2) is 4.82. The largest absolute Gasteiger partial charge is 0.317 e. The second-order valence-electron chi connectivity index (χ2n) is 3.56. The van der Waals surface area contributed by atoms with E-state index in [-0.39, 0.29) is 5.75 Å². The van der Waals surface area contributed by atoms with E-state index < -0.39 is 9.84 Å². The van der Waals surface area contributed by atoms with E-state index in [1.807, 2.05) is 7.05 Å². The molecule has 0 heterocycles. The monoisotopic (exact) mass is 193 g/mol.